The Labute approximate surface area is 196 Å². The number of hydrogen-bond donors (Lipinski definition) is 1. The number of hydrogen-bond acceptors (Lipinski definition) is 3. The van der Waals surface area contributed by atoms with Crippen LogP contribution in [0.5, 0.6) is 0 Å². The number of carbonyl (C=O) groups is 3. The topological polar surface area (TPSA) is 69.7 Å². The molecule has 4 rings (SSSR count). The summed E-state index contributed by atoms with van der Waals surface area (Å²) in [7, 11) is 0. The molecule has 6 nitrogen and oxygen atoms in total. The van der Waals surface area contributed by atoms with E-state index >= 15 is 0 Å². The van der Waals surface area contributed by atoms with Crippen LogP contribution in [0, 0.1) is 5.92 Å². The van der Waals surface area contributed by atoms with Crippen LogP contribution in [0.25, 0.3) is 0 Å². The molecule has 2 aromatic carbocycles. The first-order valence-corrected chi connectivity index (χ1v) is 12.1. The van der Waals surface area contributed by atoms with Gasteiger partial charge in [0.05, 0.1) is 0 Å². The minimum absolute atomic E-state index is 0.00127. The minimum Gasteiger partial charge on any atom is -0.342 e. The molecule has 0 aromatic heterocycles. The second kappa shape index (κ2) is 11.1. The third-order valence-electron chi connectivity index (χ3n) is 6.75. The molecule has 2 saturated heterocycles. The molecule has 6 heteroatoms. The van der Waals surface area contributed by atoms with Gasteiger partial charge < -0.3 is 15.1 Å². The van der Waals surface area contributed by atoms with Crippen molar-refractivity contribution >= 4 is 17.7 Å². The highest BCUT2D eigenvalue weighted by molar-refractivity contribution is 5.97. The standard InChI is InChI=1S/C27H33N3O3/c31-25(22-12-6-2-7-13-22)28-24(20-21-10-4-1-5-11-21)27(33)30-18-14-23(15-19-30)26(32)29-16-8-3-9-17-29/h1-2,4-7,10-13,23-24H,3,8-9,14-20H2,(H,28,31). The molecule has 0 aliphatic carbocycles. The van der Waals surface area contributed by atoms with Crippen molar-refractivity contribution in [2.75, 3.05) is 26.2 Å². The lowest BCUT2D eigenvalue weighted by Gasteiger charge is -2.37. The molecule has 0 spiro atoms. The maximum atomic E-state index is 13.5. The van der Waals surface area contributed by atoms with Crippen molar-refractivity contribution < 1.29 is 14.4 Å². The minimum atomic E-state index is -0.644. The van der Waals surface area contributed by atoms with Crippen LogP contribution in [0.3, 0.4) is 0 Å². The van der Waals surface area contributed by atoms with Gasteiger partial charge in [0.25, 0.3) is 5.91 Å². The Morgan fingerprint density at radius 1 is 0.788 bits per heavy atom. The van der Waals surface area contributed by atoms with Gasteiger partial charge in [-0.15, -0.1) is 0 Å². The number of likely N-dealkylation sites (tertiary alicyclic amines) is 2. The highest BCUT2D eigenvalue weighted by atomic mass is 16.2. The summed E-state index contributed by atoms with van der Waals surface area (Å²) >= 11 is 0. The Morgan fingerprint density at radius 3 is 2.03 bits per heavy atom. The lowest BCUT2D eigenvalue weighted by atomic mass is 9.93. The number of piperidine rings is 2. The quantitative estimate of drug-likeness (QED) is 0.739. The molecule has 33 heavy (non-hydrogen) atoms. The molecule has 2 aromatic rings. The van der Waals surface area contributed by atoms with E-state index in [2.05, 4.69) is 5.32 Å². The van der Waals surface area contributed by atoms with Gasteiger partial charge in [-0.2, -0.15) is 0 Å². The van der Waals surface area contributed by atoms with Gasteiger partial charge in [0.2, 0.25) is 11.8 Å². The third-order valence-corrected chi connectivity index (χ3v) is 6.75. The molecule has 2 aliphatic rings. The van der Waals surface area contributed by atoms with Crippen LogP contribution >= 0.6 is 0 Å². The molecule has 2 fully saturated rings. The second-order valence-corrected chi connectivity index (χ2v) is 9.07. The zero-order valence-electron chi connectivity index (χ0n) is 19.1. The van der Waals surface area contributed by atoms with Crippen molar-refractivity contribution in [3.63, 3.8) is 0 Å². The first-order valence-electron chi connectivity index (χ1n) is 12.1. The summed E-state index contributed by atoms with van der Waals surface area (Å²) in [4.78, 5) is 43.0. The van der Waals surface area contributed by atoms with Crippen LogP contribution in [-0.2, 0) is 16.0 Å². The third kappa shape index (κ3) is 6.01. The Bertz CT molecular complexity index is 934. The molecule has 1 N–H and O–H groups in total. The van der Waals surface area contributed by atoms with Crippen LogP contribution in [-0.4, -0.2) is 59.7 Å². The highest BCUT2D eigenvalue weighted by Gasteiger charge is 2.33. The average Bonchev–Trinajstić information content (AvgIpc) is 2.89. The molecule has 0 bridgehead atoms. The molecule has 2 aliphatic heterocycles. The predicted molar refractivity (Wildman–Crippen MR) is 128 cm³/mol. The average molecular weight is 448 g/mol. The summed E-state index contributed by atoms with van der Waals surface area (Å²) in [6.45, 7) is 2.83. The molecular weight excluding hydrogens is 414 g/mol. The van der Waals surface area contributed by atoms with E-state index in [1.807, 2.05) is 58.3 Å². The summed E-state index contributed by atoms with van der Waals surface area (Å²) in [6.07, 6.45) is 5.19. The fourth-order valence-corrected chi connectivity index (χ4v) is 4.82. The SMILES string of the molecule is O=C(NC(Cc1ccccc1)C(=O)N1CCC(C(=O)N2CCCCC2)CC1)c1ccccc1. The van der Waals surface area contributed by atoms with E-state index in [-0.39, 0.29) is 23.6 Å². The van der Waals surface area contributed by atoms with Crippen molar-refractivity contribution in [3.05, 3.63) is 71.8 Å². The van der Waals surface area contributed by atoms with E-state index in [0.29, 0.717) is 37.9 Å². The second-order valence-electron chi connectivity index (χ2n) is 9.07. The van der Waals surface area contributed by atoms with Gasteiger partial charge in [-0.3, -0.25) is 14.4 Å². The summed E-state index contributed by atoms with van der Waals surface area (Å²) < 4.78 is 0. The Hall–Kier alpha value is -3.15. The summed E-state index contributed by atoms with van der Waals surface area (Å²) in [5, 5.41) is 2.96. The van der Waals surface area contributed by atoms with Crippen LogP contribution in [0.15, 0.2) is 60.7 Å². The summed E-state index contributed by atoms with van der Waals surface area (Å²) in [5.74, 6) is -0.0781. The monoisotopic (exact) mass is 447 g/mol. The number of nitrogens with zero attached hydrogens (tertiary/aromatic N) is 2. The van der Waals surface area contributed by atoms with E-state index in [1.165, 1.54) is 6.42 Å². The van der Waals surface area contributed by atoms with Crippen molar-refractivity contribution in [2.24, 2.45) is 5.92 Å². The Balaban J connectivity index is 1.40. The molecule has 1 unspecified atom stereocenters. The van der Waals surface area contributed by atoms with E-state index < -0.39 is 6.04 Å². The molecule has 1 atom stereocenters. The highest BCUT2D eigenvalue weighted by Crippen LogP contribution is 2.23. The lowest BCUT2D eigenvalue weighted by molar-refractivity contribution is -0.142. The van der Waals surface area contributed by atoms with E-state index in [9.17, 15) is 14.4 Å². The van der Waals surface area contributed by atoms with Gasteiger partial charge in [0.1, 0.15) is 6.04 Å². The largest absolute Gasteiger partial charge is 0.342 e. The predicted octanol–water partition coefficient (Wildman–Crippen LogP) is 3.28. The van der Waals surface area contributed by atoms with E-state index in [4.69, 9.17) is 0 Å². The first-order chi connectivity index (χ1) is 16.1. The summed E-state index contributed by atoms with van der Waals surface area (Å²) in [5.41, 5.74) is 1.54. The van der Waals surface area contributed by atoms with Crippen LogP contribution < -0.4 is 5.32 Å². The van der Waals surface area contributed by atoms with Gasteiger partial charge in [-0.05, 0) is 49.8 Å². The van der Waals surface area contributed by atoms with Crippen molar-refractivity contribution in [1.29, 1.82) is 0 Å². The van der Waals surface area contributed by atoms with E-state index in [1.54, 1.807) is 12.1 Å². The zero-order valence-corrected chi connectivity index (χ0v) is 19.1. The molecule has 0 saturated carbocycles. The van der Waals surface area contributed by atoms with Crippen LogP contribution in [0.1, 0.15) is 48.0 Å². The summed E-state index contributed by atoms with van der Waals surface area (Å²) in [6, 6.07) is 18.1. The maximum Gasteiger partial charge on any atom is 0.251 e. The maximum absolute atomic E-state index is 13.5. The Kier molecular flexibility index (Phi) is 7.76. The number of benzene rings is 2. The zero-order chi connectivity index (χ0) is 23.0. The van der Waals surface area contributed by atoms with Crippen LogP contribution in [0.2, 0.25) is 0 Å². The molecule has 0 radical (unpaired) electrons. The van der Waals surface area contributed by atoms with Gasteiger partial charge in [-0.1, -0.05) is 48.5 Å². The fraction of sp³-hybridized carbons (Fsp3) is 0.444. The van der Waals surface area contributed by atoms with Gasteiger partial charge in [-0.25, -0.2) is 0 Å². The van der Waals surface area contributed by atoms with Crippen molar-refractivity contribution in [1.82, 2.24) is 15.1 Å². The molecule has 2 heterocycles. The van der Waals surface area contributed by atoms with E-state index in [0.717, 1.165) is 31.5 Å². The first kappa shape index (κ1) is 23.0. The number of carbonyl (C=O) groups excluding carboxylic acids is 3. The van der Waals surface area contributed by atoms with Gasteiger partial charge in [0, 0.05) is 44.1 Å². The lowest BCUT2D eigenvalue weighted by Crippen LogP contribution is -2.53. The molecule has 174 valence electrons. The number of amides is 3. The van der Waals surface area contributed by atoms with Crippen LogP contribution in [0.4, 0.5) is 0 Å². The number of rotatable bonds is 6. The van der Waals surface area contributed by atoms with Crippen molar-refractivity contribution in [3.8, 4) is 0 Å². The fourth-order valence-electron chi connectivity index (χ4n) is 4.82. The van der Waals surface area contributed by atoms with Gasteiger partial charge >= 0.3 is 0 Å². The number of nitrogens with one attached hydrogen (secondary N) is 1. The normalized spacial score (nSPS) is 17.9. The van der Waals surface area contributed by atoms with Gasteiger partial charge in [0.15, 0.2) is 0 Å². The van der Waals surface area contributed by atoms with Crippen molar-refractivity contribution in [2.45, 2.75) is 44.6 Å². The Morgan fingerprint density at radius 2 is 1.39 bits per heavy atom. The smallest absolute Gasteiger partial charge is 0.251 e. The molecule has 3 amide bonds. The molecular formula is C27H33N3O3.